The summed E-state index contributed by atoms with van der Waals surface area (Å²) in [7, 11) is 0. The maximum Gasteiger partial charge on any atom is 0.352 e. The molecule has 18 heteroatoms. The molecule has 2 saturated heterocycles. The van der Waals surface area contributed by atoms with Crippen molar-refractivity contribution >= 4 is 75.0 Å². The lowest BCUT2D eigenvalue weighted by atomic mass is 10.0. The molecule has 2 fully saturated rings. The molecule has 5 heterocycles. The summed E-state index contributed by atoms with van der Waals surface area (Å²) in [5.74, 6) is -3.82. The average Bonchev–Trinajstić information content (AvgIpc) is 3.33. The summed E-state index contributed by atoms with van der Waals surface area (Å²) in [5, 5.41) is 31.6. The van der Waals surface area contributed by atoms with E-state index in [0.29, 0.717) is 17.4 Å². The minimum atomic E-state index is -1.40. The van der Waals surface area contributed by atoms with Gasteiger partial charge in [0.25, 0.3) is 11.8 Å². The predicted octanol–water partition coefficient (Wildman–Crippen LogP) is 0.463. The Bertz CT molecular complexity index is 1530. The third kappa shape index (κ3) is 6.74. The fraction of sp³-hybridized carbons (Fsp3) is 0.423. The molecule has 15 nitrogen and oxygen atoms in total. The number of carbonyl (C=O) groups is 4. The zero-order valence-electron chi connectivity index (χ0n) is 23.4. The van der Waals surface area contributed by atoms with Crippen molar-refractivity contribution in [1.29, 1.82) is 0 Å². The van der Waals surface area contributed by atoms with Crippen LogP contribution in [-0.4, -0.2) is 92.0 Å². The quantitative estimate of drug-likeness (QED) is 0.0836. The molecule has 0 bridgehead atoms. The number of thioether (sulfide) groups is 1. The number of aromatic nitrogens is 2. The molecule has 3 aliphatic heterocycles. The molecule has 234 valence electrons. The van der Waals surface area contributed by atoms with E-state index in [4.69, 9.17) is 27.3 Å². The van der Waals surface area contributed by atoms with E-state index < -0.39 is 47.0 Å². The van der Waals surface area contributed by atoms with Crippen LogP contribution in [0.3, 0.4) is 0 Å². The number of hydrogen-bond donors (Lipinski definition) is 6. The number of halogens is 1. The Kier molecular flexibility index (Phi) is 9.57. The zero-order valence-corrected chi connectivity index (χ0v) is 25.7. The summed E-state index contributed by atoms with van der Waals surface area (Å²) in [4.78, 5) is 60.1. The number of hydrogen-bond acceptors (Lipinski definition) is 12. The zero-order chi connectivity index (χ0) is 31.5. The van der Waals surface area contributed by atoms with E-state index in [2.05, 4.69) is 26.1 Å². The Morgan fingerprint density at radius 1 is 1.30 bits per heavy atom. The van der Waals surface area contributed by atoms with Crippen LogP contribution in [0.5, 0.6) is 0 Å². The number of carboxylic acid groups (broad SMARTS) is 2. The Morgan fingerprint density at radius 3 is 2.61 bits per heavy atom. The highest BCUT2D eigenvalue weighted by atomic mass is 35.5. The number of nitrogens with zero attached hydrogens (tertiary/aromatic N) is 4. The van der Waals surface area contributed by atoms with Crippen LogP contribution in [0.2, 0.25) is 4.34 Å². The molecule has 2 aromatic rings. The summed E-state index contributed by atoms with van der Waals surface area (Å²) in [5.41, 5.74) is 6.46. The Hall–Kier alpha value is -3.93. The number of aliphatic carboxylic acids is 2. The summed E-state index contributed by atoms with van der Waals surface area (Å²) in [6.45, 7) is 3.41. The summed E-state index contributed by atoms with van der Waals surface area (Å²) >= 11 is 8.33. The van der Waals surface area contributed by atoms with Crippen molar-refractivity contribution in [2.45, 2.75) is 49.9 Å². The van der Waals surface area contributed by atoms with E-state index in [1.807, 2.05) is 29.1 Å². The summed E-state index contributed by atoms with van der Waals surface area (Å²) in [6, 6.07) is 3.17. The number of thiazole rings is 1. The number of carboxylic acids is 2. The van der Waals surface area contributed by atoms with Crippen molar-refractivity contribution in [2.75, 3.05) is 29.9 Å². The third-order valence-corrected chi connectivity index (χ3v) is 9.63. The fourth-order valence-electron chi connectivity index (χ4n) is 4.93. The molecule has 44 heavy (non-hydrogen) atoms. The molecule has 5 rings (SSSR count). The number of nitrogens with one attached hydrogen (secondary N) is 3. The number of carbonyl (C=O) groups excluding carboxylic acids is 2. The van der Waals surface area contributed by atoms with Gasteiger partial charge in [-0.2, -0.15) is 0 Å². The van der Waals surface area contributed by atoms with Crippen molar-refractivity contribution in [3.63, 3.8) is 0 Å². The second kappa shape index (κ2) is 13.4. The van der Waals surface area contributed by atoms with Gasteiger partial charge in [-0.05, 0) is 32.9 Å². The van der Waals surface area contributed by atoms with Gasteiger partial charge >= 0.3 is 11.9 Å². The summed E-state index contributed by atoms with van der Waals surface area (Å²) in [6.07, 6.45) is 4.39. The van der Waals surface area contributed by atoms with Gasteiger partial charge in [0, 0.05) is 35.2 Å². The smallest absolute Gasteiger partial charge is 0.352 e. The molecule has 0 aromatic carbocycles. The molecule has 3 atom stereocenters. The highest BCUT2D eigenvalue weighted by Crippen LogP contribution is 2.40. The first kappa shape index (κ1) is 31.5. The van der Waals surface area contributed by atoms with Gasteiger partial charge in [-0.15, -0.1) is 11.8 Å². The Morgan fingerprint density at radius 2 is 2.00 bits per heavy atom. The van der Waals surface area contributed by atoms with Gasteiger partial charge in [0.15, 0.2) is 29.8 Å². The molecule has 0 aliphatic carbocycles. The first-order valence-electron chi connectivity index (χ1n) is 13.6. The monoisotopic (exact) mass is 665 g/mol. The topological polar surface area (TPSA) is 212 Å². The van der Waals surface area contributed by atoms with Crippen LogP contribution in [0, 0.1) is 0 Å². The Labute approximate surface area is 264 Å². The second-order valence-corrected chi connectivity index (χ2v) is 13.0. The lowest BCUT2D eigenvalue weighted by molar-refractivity contribution is -0.688. The van der Waals surface area contributed by atoms with E-state index in [9.17, 15) is 24.3 Å². The number of pyridine rings is 1. The van der Waals surface area contributed by atoms with E-state index in [1.165, 1.54) is 18.7 Å². The molecule has 0 radical (unpaired) electrons. The van der Waals surface area contributed by atoms with Gasteiger partial charge in [0.2, 0.25) is 6.10 Å². The van der Waals surface area contributed by atoms with Crippen molar-refractivity contribution in [2.24, 2.45) is 5.16 Å². The van der Waals surface area contributed by atoms with Crippen LogP contribution >= 0.6 is 34.7 Å². The van der Waals surface area contributed by atoms with Crippen LogP contribution in [0.1, 0.15) is 25.5 Å². The van der Waals surface area contributed by atoms with E-state index >= 15 is 0 Å². The minimum absolute atomic E-state index is 0.00456. The van der Waals surface area contributed by atoms with Crippen molar-refractivity contribution in [1.82, 2.24) is 20.5 Å². The number of amides is 2. The van der Waals surface area contributed by atoms with Crippen LogP contribution in [0.4, 0.5) is 10.8 Å². The van der Waals surface area contributed by atoms with Crippen LogP contribution < -0.4 is 26.3 Å². The lowest BCUT2D eigenvalue weighted by Crippen LogP contribution is -2.71. The molecule has 0 saturated carbocycles. The van der Waals surface area contributed by atoms with Crippen LogP contribution in [0.25, 0.3) is 0 Å². The van der Waals surface area contributed by atoms with Crippen molar-refractivity contribution in [3.05, 3.63) is 45.8 Å². The molecule has 0 spiro atoms. The largest absolute Gasteiger partial charge is 0.478 e. The SMILES string of the molecule is C[C@H](ON=C(C(=O)N[C@@H]1C(=O)N2C(C(=O)O)=C(C[n+]3ccc(NC4CCNCC4)cc3)CS[C@H]12)c1nc(N)sc1Cl)C(=O)O. The van der Waals surface area contributed by atoms with Crippen molar-refractivity contribution < 1.29 is 38.8 Å². The maximum absolute atomic E-state index is 13.3. The lowest BCUT2D eigenvalue weighted by Gasteiger charge is -2.49. The molecule has 0 unspecified atom stereocenters. The first-order chi connectivity index (χ1) is 21.0. The molecule has 2 aromatic heterocycles. The number of rotatable bonds is 11. The highest BCUT2D eigenvalue weighted by Gasteiger charge is 2.55. The van der Waals surface area contributed by atoms with Gasteiger partial charge in [-0.25, -0.2) is 19.1 Å². The van der Waals surface area contributed by atoms with E-state index in [-0.39, 0.29) is 27.4 Å². The molecule has 2 amide bonds. The number of piperidine rings is 1. The maximum atomic E-state index is 13.3. The third-order valence-electron chi connectivity index (χ3n) is 7.20. The Balaban J connectivity index is 1.29. The minimum Gasteiger partial charge on any atom is -0.478 e. The first-order valence-corrected chi connectivity index (χ1v) is 15.8. The van der Waals surface area contributed by atoms with Gasteiger partial charge < -0.3 is 36.7 Å². The average molecular weight is 666 g/mol. The highest BCUT2D eigenvalue weighted by molar-refractivity contribution is 8.00. The normalized spacial score (nSPS) is 21.3. The number of anilines is 2. The fourth-order valence-corrected chi connectivity index (χ4v) is 7.19. The number of nitrogens with two attached hydrogens (primary N) is 1. The predicted molar refractivity (Wildman–Crippen MR) is 162 cm³/mol. The van der Waals surface area contributed by atoms with Gasteiger partial charge in [-0.1, -0.05) is 28.1 Å². The van der Waals surface area contributed by atoms with Gasteiger partial charge in [-0.3, -0.25) is 14.5 Å². The molecular weight excluding hydrogens is 636 g/mol. The number of oxime groups is 1. The molecule has 7 N–H and O–H groups in total. The standard InChI is InChI=1S/C26H29ClN8O7S2/c1-12(24(38)39)42-33-17(16-20(27)44-26(28)32-16)21(36)31-18-22(37)35-19(25(40)41)13(11-43-23(18)35)10-34-8-4-15(5-9-34)30-14-2-6-29-7-3-14/h4-5,8-9,12,14,18,23,29H,2-3,6-7,10-11H2,1H3,(H5,28,31,32,36,38,39,40,41)/p+1/t12-,18+,23+/m0/s1. The molecular formula is C26H30ClN8O7S2+. The summed E-state index contributed by atoms with van der Waals surface area (Å²) < 4.78 is 1.85. The number of β-lactam (4-membered cyclic amide) rings is 1. The van der Waals surface area contributed by atoms with Crippen LogP contribution in [0.15, 0.2) is 41.0 Å². The van der Waals surface area contributed by atoms with Crippen LogP contribution in [-0.2, 0) is 30.6 Å². The second-order valence-electron chi connectivity index (χ2n) is 10.2. The molecule has 3 aliphatic rings. The van der Waals surface area contributed by atoms with Gasteiger partial charge in [0.1, 0.15) is 27.1 Å². The number of fused-ring (bicyclic) bond motifs is 1. The van der Waals surface area contributed by atoms with E-state index in [1.54, 1.807) is 0 Å². The van der Waals surface area contributed by atoms with Crippen molar-refractivity contribution in [3.8, 4) is 0 Å². The van der Waals surface area contributed by atoms with E-state index in [0.717, 1.165) is 47.9 Å². The van der Waals surface area contributed by atoms with Gasteiger partial charge in [0.05, 0.1) is 0 Å². The number of nitrogen functional groups attached to an aromatic ring is 1.